The number of rotatable bonds is 2. The van der Waals surface area contributed by atoms with Crippen molar-refractivity contribution >= 4 is 28.7 Å². The van der Waals surface area contributed by atoms with Crippen molar-refractivity contribution in [3.8, 4) is 11.3 Å². The molecule has 27 heavy (non-hydrogen) atoms. The van der Waals surface area contributed by atoms with Gasteiger partial charge >= 0.3 is 0 Å². The van der Waals surface area contributed by atoms with Crippen molar-refractivity contribution in [2.24, 2.45) is 0 Å². The van der Waals surface area contributed by atoms with Gasteiger partial charge in [0, 0.05) is 36.8 Å². The second kappa shape index (κ2) is 6.98. The van der Waals surface area contributed by atoms with E-state index in [0.717, 1.165) is 37.6 Å². The number of likely N-dealkylation sites (N-methyl/N-ethyl adjacent to an activating group) is 1. The molecular weight excluding hydrogens is 367 g/mol. The van der Waals surface area contributed by atoms with Gasteiger partial charge in [-0.1, -0.05) is 11.6 Å². The topological polar surface area (TPSA) is 58.0 Å². The van der Waals surface area contributed by atoms with E-state index in [9.17, 15) is 4.39 Å². The van der Waals surface area contributed by atoms with Gasteiger partial charge in [-0.3, -0.25) is 0 Å². The Morgan fingerprint density at radius 3 is 2.37 bits per heavy atom. The van der Waals surface area contributed by atoms with Crippen molar-refractivity contribution in [3.05, 3.63) is 40.4 Å². The minimum Gasteiger partial charge on any atom is -0.338 e. The Bertz CT molecular complexity index is 1020. The number of piperazine rings is 1. The van der Waals surface area contributed by atoms with Crippen molar-refractivity contribution in [2.75, 3.05) is 38.1 Å². The standard InChI is InChI=1S/C19H20ClFN6/c1-11-12(2)23-18-17(22-11)16(14-5-4-13(20)10-15(14)21)24-19(25-18)27-8-6-26(3)7-9-27/h4-5,10H,6-9H2,1-3H3. The number of benzene rings is 1. The van der Waals surface area contributed by atoms with Crippen molar-refractivity contribution < 1.29 is 4.39 Å². The monoisotopic (exact) mass is 386 g/mol. The molecule has 1 aliphatic rings. The van der Waals surface area contributed by atoms with Gasteiger partial charge in [-0.2, -0.15) is 4.98 Å². The van der Waals surface area contributed by atoms with E-state index in [2.05, 4.69) is 31.8 Å². The van der Waals surface area contributed by atoms with Crippen LogP contribution in [-0.4, -0.2) is 58.1 Å². The zero-order chi connectivity index (χ0) is 19.1. The van der Waals surface area contributed by atoms with E-state index in [4.69, 9.17) is 16.6 Å². The number of halogens is 2. The quantitative estimate of drug-likeness (QED) is 0.673. The van der Waals surface area contributed by atoms with Gasteiger partial charge in [-0.05, 0) is 39.1 Å². The van der Waals surface area contributed by atoms with Crippen LogP contribution in [0.3, 0.4) is 0 Å². The summed E-state index contributed by atoms with van der Waals surface area (Å²) >= 11 is 5.92. The van der Waals surface area contributed by atoms with Gasteiger partial charge in [0.1, 0.15) is 17.0 Å². The first-order valence-corrected chi connectivity index (χ1v) is 9.22. The van der Waals surface area contributed by atoms with Crippen LogP contribution in [0.5, 0.6) is 0 Å². The number of nitrogens with zero attached hydrogens (tertiary/aromatic N) is 6. The van der Waals surface area contributed by atoms with E-state index < -0.39 is 5.82 Å². The molecule has 8 heteroatoms. The predicted octanol–water partition coefficient (Wildman–Crippen LogP) is 3.25. The molecule has 1 fully saturated rings. The van der Waals surface area contributed by atoms with Crippen molar-refractivity contribution in [1.82, 2.24) is 24.8 Å². The highest BCUT2D eigenvalue weighted by Crippen LogP contribution is 2.30. The van der Waals surface area contributed by atoms with Gasteiger partial charge < -0.3 is 9.80 Å². The largest absolute Gasteiger partial charge is 0.338 e. The lowest BCUT2D eigenvalue weighted by Crippen LogP contribution is -2.45. The number of fused-ring (bicyclic) bond motifs is 1. The molecule has 0 N–H and O–H groups in total. The fourth-order valence-electron chi connectivity index (χ4n) is 3.12. The van der Waals surface area contributed by atoms with Gasteiger partial charge in [0.2, 0.25) is 5.95 Å². The Labute approximate surface area is 162 Å². The van der Waals surface area contributed by atoms with E-state index in [1.807, 2.05) is 13.8 Å². The molecule has 3 heterocycles. The van der Waals surface area contributed by atoms with Crippen molar-refractivity contribution in [3.63, 3.8) is 0 Å². The Hall–Kier alpha value is -2.38. The van der Waals surface area contributed by atoms with Gasteiger partial charge in [0.05, 0.1) is 11.4 Å². The lowest BCUT2D eigenvalue weighted by Gasteiger charge is -2.32. The first-order valence-electron chi connectivity index (χ1n) is 8.84. The summed E-state index contributed by atoms with van der Waals surface area (Å²) in [6, 6.07) is 4.57. The third-order valence-corrected chi connectivity index (χ3v) is 5.14. The lowest BCUT2D eigenvalue weighted by molar-refractivity contribution is 0.311. The first kappa shape index (κ1) is 18.0. The predicted molar refractivity (Wildman–Crippen MR) is 105 cm³/mol. The summed E-state index contributed by atoms with van der Waals surface area (Å²) in [6.07, 6.45) is 0. The Morgan fingerprint density at radius 1 is 0.963 bits per heavy atom. The van der Waals surface area contributed by atoms with Crippen molar-refractivity contribution in [1.29, 1.82) is 0 Å². The molecule has 4 rings (SSSR count). The second-order valence-corrected chi connectivity index (χ2v) is 7.29. The Morgan fingerprint density at radius 2 is 1.67 bits per heavy atom. The number of hydrogen-bond acceptors (Lipinski definition) is 6. The maximum atomic E-state index is 14.7. The number of hydrogen-bond donors (Lipinski definition) is 0. The fraction of sp³-hybridized carbons (Fsp3) is 0.368. The molecule has 1 saturated heterocycles. The Kier molecular flexibility index (Phi) is 4.65. The van der Waals surface area contributed by atoms with Gasteiger partial charge in [0.15, 0.2) is 5.65 Å². The van der Waals surface area contributed by atoms with Crippen LogP contribution in [0.1, 0.15) is 11.4 Å². The molecule has 0 radical (unpaired) electrons. The smallest absolute Gasteiger partial charge is 0.228 e. The third kappa shape index (κ3) is 3.44. The molecule has 0 spiro atoms. The molecule has 6 nitrogen and oxygen atoms in total. The second-order valence-electron chi connectivity index (χ2n) is 6.85. The first-order chi connectivity index (χ1) is 12.9. The highest BCUT2D eigenvalue weighted by atomic mass is 35.5. The molecule has 1 aromatic carbocycles. The summed E-state index contributed by atoms with van der Waals surface area (Å²) in [5.74, 6) is 0.115. The van der Waals surface area contributed by atoms with E-state index in [1.54, 1.807) is 12.1 Å². The normalized spacial score (nSPS) is 15.5. The highest BCUT2D eigenvalue weighted by molar-refractivity contribution is 6.30. The summed E-state index contributed by atoms with van der Waals surface area (Å²) < 4.78 is 14.7. The van der Waals surface area contributed by atoms with E-state index >= 15 is 0 Å². The Balaban J connectivity index is 1.93. The van der Waals surface area contributed by atoms with Crippen LogP contribution < -0.4 is 4.90 Å². The zero-order valence-corrected chi connectivity index (χ0v) is 16.3. The van der Waals surface area contributed by atoms with Crippen LogP contribution in [0.4, 0.5) is 10.3 Å². The molecule has 0 saturated carbocycles. The molecule has 0 aliphatic carbocycles. The van der Waals surface area contributed by atoms with Gasteiger partial charge in [-0.15, -0.1) is 0 Å². The molecule has 1 aliphatic heterocycles. The minimum absolute atomic E-state index is 0.340. The average molecular weight is 387 g/mol. The van der Waals surface area contributed by atoms with Crippen LogP contribution in [0, 0.1) is 19.7 Å². The highest BCUT2D eigenvalue weighted by Gasteiger charge is 2.22. The number of aromatic nitrogens is 4. The summed E-state index contributed by atoms with van der Waals surface area (Å²) in [5.41, 5.74) is 3.34. The average Bonchev–Trinajstić information content (AvgIpc) is 2.63. The van der Waals surface area contributed by atoms with E-state index in [-0.39, 0.29) is 0 Å². The summed E-state index contributed by atoms with van der Waals surface area (Å²) in [5, 5.41) is 0.340. The molecule has 2 aromatic heterocycles. The van der Waals surface area contributed by atoms with Crippen LogP contribution in [-0.2, 0) is 0 Å². The SMILES string of the molecule is Cc1nc2nc(N3CCN(C)CC3)nc(-c3ccc(Cl)cc3F)c2nc1C. The molecule has 0 atom stereocenters. The molecule has 0 amide bonds. The number of anilines is 1. The molecule has 0 bridgehead atoms. The van der Waals surface area contributed by atoms with E-state index in [0.29, 0.717) is 33.4 Å². The fourth-order valence-corrected chi connectivity index (χ4v) is 3.28. The number of aryl methyl sites for hydroxylation is 2. The van der Waals surface area contributed by atoms with Crippen molar-refractivity contribution in [2.45, 2.75) is 13.8 Å². The minimum atomic E-state index is -0.438. The third-order valence-electron chi connectivity index (χ3n) is 4.90. The zero-order valence-electron chi connectivity index (χ0n) is 15.5. The van der Waals surface area contributed by atoms with Crippen LogP contribution in [0.25, 0.3) is 22.4 Å². The molecule has 3 aromatic rings. The maximum absolute atomic E-state index is 14.7. The summed E-state index contributed by atoms with van der Waals surface area (Å²) in [7, 11) is 2.09. The van der Waals surface area contributed by atoms with Gasteiger partial charge in [0.25, 0.3) is 0 Å². The molecule has 0 unspecified atom stereocenters. The molecule has 140 valence electrons. The summed E-state index contributed by atoms with van der Waals surface area (Å²) in [6.45, 7) is 7.22. The van der Waals surface area contributed by atoms with Crippen LogP contribution >= 0.6 is 11.6 Å². The summed E-state index contributed by atoms with van der Waals surface area (Å²) in [4.78, 5) is 22.9. The molecular formula is C19H20ClFN6. The van der Waals surface area contributed by atoms with E-state index in [1.165, 1.54) is 6.07 Å². The van der Waals surface area contributed by atoms with Crippen LogP contribution in [0.15, 0.2) is 18.2 Å². The van der Waals surface area contributed by atoms with Gasteiger partial charge in [-0.25, -0.2) is 19.3 Å². The maximum Gasteiger partial charge on any atom is 0.228 e. The van der Waals surface area contributed by atoms with Crippen LogP contribution in [0.2, 0.25) is 5.02 Å². The lowest BCUT2D eigenvalue weighted by atomic mass is 10.1.